The van der Waals surface area contributed by atoms with Crippen molar-refractivity contribution < 1.29 is 4.74 Å². The molecule has 0 bridgehead atoms. The normalized spacial score (nSPS) is 12.1. The average molecular weight is 421 g/mol. The molecule has 1 nitrogen and oxygen atoms in total. The summed E-state index contributed by atoms with van der Waals surface area (Å²) in [6, 6.07) is 21.2. The smallest absolute Gasteiger partial charge is 0.126 e. The lowest BCUT2D eigenvalue weighted by molar-refractivity contribution is 0.304. The van der Waals surface area contributed by atoms with Crippen molar-refractivity contribution in [2.45, 2.75) is 71.5 Å². The Balaban J connectivity index is 2.00. The zero-order chi connectivity index (χ0) is 21.7. The lowest BCUT2D eigenvalue weighted by atomic mass is 10.1. The Kier molecular flexibility index (Phi) is 10.7. The lowest BCUT2D eigenvalue weighted by Crippen LogP contribution is -2.28. The molecule has 0 amide bonds. The molecular formula is C28H40OSi. The van der Waals surface area contributed by atoms with Gasteiger partial charge in [0.1, 0.15) is 5.75 Å². The molecule has 0 heterocycles. The third-order valence-corrected chi connectivity index (χ3v) is 11.4. The van der Waals surface area contributed by atoms with Crippen LogP contribution in [0.3, 0.4) is 0 Å². The molecule has 0 N–H and O–H groups in total. The van der Waals surface area contributed by atoms with Crippen LogP contribution in [0.2, 0.25) is 18.1 Å². The summed E-state index contributed by atoms with van der Waals surface area (Å²) in [5.74, 6) is 0.977. The Morgan fingerprint density at radius 2 is 1.33 bits per heavy atom. The number of hydrogen-bond donors (Lipinski definition) is 0. The molecule has 2 rings (SSSR count). The molecule has 0 unspecified atom stereocenters. The minimum Gasteiger partial charge on any atom is -0.493 e. The maximum absolute atomic E-state index is 6.03. The van der Waals surface area contributed by atoms with Crippen LogP contribution in [-0.2, 0) is 0 Å². The summed E-state index contributed by atoms with van der Waals surface area (Å²) in [6.45, 7) is 10.1. The quantitative estimate of drug-likeness (QED) is 0.178. The molecule has 0 saturated carbocycles. The van der Waals surface area contributed by atoms with Crippen LogP contribution in [0.5, 0.6) is 5.75 Å². The number of hydrogen-bond acceptors (Lipinski definition) is 1. The van der Waals surface area contributed by atoms with E-state index in [9.17, 15) is 0 Å². The number of para-hydroxylation sites is 1. The molecular weight excluding hydrogens is 380 g/mol. The van der Waals surface area contributed by atoms with Crippen molar-refractivity contribution in [3.05, 3.63) is 70.9 Å². The van der Waals surface area contributed by atoms with E-state index in [1.165, 1.54) is 48.5 Å². The molecule has 0 aliphatic carbocycles. The van der Waals surface area contributed by atoms with E-state index in [0.717, 1.165) is 24.3 Å². The van der Waals surface area contributed by atoms with Crippen LogP contribution in [0.1, 0.15) is 70.1 Å². The predicted molar refractivity (Wildman–Crippen MR) is 138 cm³/mol. The number of unbranched alkanes of at least 4 members (excludes halogenated alkanes) is 3. The van der Waals surface area contributed by atoms with Gasteiger partial charge < -0.3 is 4.74 Å². The third kappa shape index (κ3) is 7.64. The van der Waals surface area contributed by atoms with Gasteiger partial charge in [0.25, 0.3) is 0 Å². The maximum atomic E-state index is 6.03. The van der Waals surface area contributed by atoms with Gasteiger partial charge in [0.05, 0.1) is 14.7 Å². The van der Waals surface area contributed by atoms with E-state index in [0.29, 0.717) is 0 Å². The first-order valence-corrected chi connectivity index (χ1v) is 14.6. The Hall–Kier alpha value is -2.06. The van der Waals surface area contributed by atoms with Gasteiger partial charge in [-0.3, -0.25) is 0 Å². The minimum atomic E-state index is -1.21. The maximum Gasteiger partial charge on any atom is 0.126 e. The zero-order valence-corrected chi connectivity index (χ0v) is 20.5. The molecule has 0 radical (unpaired) electrons. The number of ether oxygens (including phenoxy) is 1. The second-order valence-corrected chi connectivity index (χ2v) is 13.4. The topological polar surface area (TPSA) is 9.23 Å². The van der Waals surface area contributed by atoms with Gasteiger partial charge in [-0.1, -0.05) is 131 Å². The monoisotopic (exact) mass is 420 g/mol. The van der Waals surface area contributed by atoms with Gasteiger partial charge in [0.2, 0.25) is 0 Å². The van der Waals surface area contributed by atoms with E-state index < -0.39 is 8.07 Å². The first-order chi connectivity index (χ1) is 14.7. The second kappa shape index (κ2) is 13.3. The van der Waals surface area contributed by atoms with Crippen molar-refractivity contribution in [3.8, 4) is 5.75 Å². The molecule has 162 valence electrons. The van der Waals surface area contributed by atoms with Crippen LogP contribution in [-0.4, -0.2) is 14.7 Å². The van der Waals surface area contributed by atoms with E-state index in [1.54, 1.807) is 0 Å². The van der Waals surface area contributed by atoms with Crippen LogP contribution < -0.4 is 4.74 Å². The summed E-state index contributed by atoms with van der Waals surface area (Å²) in [5.41, 5.74) is 6.21. The van der Waals surface area contributed by atoms with E-state index in [1.807, 2.05) is 6.07 Å². The standard InChI is InChI=1S/C28H40OSi/c1-5-9-10-13-23-29-28-15-12-11-14-27(28)21-20-25-16-18-26(19-17-25)22-24-30(6-2,7-3)8-4/h11-12,14-22,24H,5-10,13,23H2,1-4H3/b21-20+,24-22+. The fourth-order valence-corrected chi connectivity index (χ4v) is 6.49. The van der Waals surface area contributed by atoms with E-state index in [-0.39, 0.29) is 0 Å². The minimum absolute atomic E-state index is 0.796. The molecule has 2 heteroatoms. The van der Waals surface area contributed by atoms with Gasteiger partial charge in [0.15, 0.2) is 0 Å². The van der Waals surface area contributed by atoms with Crippen LogP contribution >= 0.6 is 0 Å². The van der Waals surface area contributed by atoms with Gasteiger partial charge >= 0.3 is 0 Å². The van der Waals surface area contributed by atoms with E-state index in [4.69, 9.17) is 4.74 Å². The van der Waals surface area contributed by atoms with E-state index in [2.05, 4.69) is 94.1 Å². The Morgan fingerprint density at radius 3 is 1.97 bits per heavy atom. The number of rotatable bonds is 13. The first-order valence-electron chi connectivity index (χ1n) is 11.9. The molecule has 0 fully saturated rings. The highest BCUT2D eigenvalue weighted by Gasteiger charge is 2.22. The largest absolute Gasteiger partial charge is 0.493 e. The van der Waals surface area contributed by atoms with Crippen molar-refractivity contribution in [2.24, 2.45) is 0 Å². The predicted octanol–water partition coefficient (Wildman–Crippen LogP) is 8.88. The molecule has 2 aromatic carbocycles. The van der Waals surface area contributed by atoms with Gasteiger partial charge in [-0.25, -0.2) is 0 Å². The van der Waals surface area contributed by atoms with Gasteiger partial charge in [-0.15, -0.1) is 0 Å². The molecule has 0 spiro atoms. The van der Waals surface area contributed by atoms with Crippen molar-refractivity contribution in [1.29, 1.82) is 0 Å². The molecule has 30 heavy (non-hydrogen) atoms. The van der Waals surface area contributed by atoms with Crippen molar-refractivity contribution in [2.75, 3.05) is 6.61 Å². The van der Waals surface area contributed by atoms with Gasteiger partial charge in [-0.2, -0.15) is 0 Å². The number of benzene rings is 2. The van der Waals surface area contributed by atoms with Crippen LogP contribution in [0.25, 0.3) is 18.2 Å². The van der Waals surface area contributed by atoms with Gasteiger partial charge in [-0.05, 0) is 23.6 Å². The summed E-state index contributed by atoms with van der Waals surface area (Å²) in [4.78, 5) is 0. The summed E-state index contributed by atoms with van der Waals surface area (Å²) in [7, 11) is -1.21. The molecule has 0 atom stereocenters. The SMILES string of the molecule is CCCCCCOc1ccccc1/C=C/c1ccc(/C=C/[Si](CC)(CC)CC)cc1. The van der Waals surface area contributed by atoms with Crippen LogP contribution in [0.4, 0.5) is 0 Å². The lowest BCUT2D eigenvalue weighted by Gasteiger charge is -2.23. The highest BCUT2D eigenvalue weighted by Crippen LogP contribution is 2.24. The average Bonchev–Trinajstić information content (AvgIpc) is 2.80. The Morgan fingerprint density at radius 1 is 0.700 bits per heavy atom. The molecule has 0 aliphatic heterocycles. The molecule has 0 aromatic heterocycles. The fraction of sp³-hybridized carbons (Fsp3) is 0.429. The van der Waals surface area contributed by atoms with Crippen molar-refractivity contribution in [3.63, 3.8) is 0 Å². The highest BCUT2D eigenvalue weighted by atomic mass is 28.3. The summed E-state index contributed by atoms with van der Waals surface area (Å²) in [5, 5.41) is 0. The Labute approximate surface area is 185 Å². The van der Waals surface area contributed by atoms with Crippen LogP contribution in [0, 0.1) is 0 Å². The highest BCUT2D eigenvalue weighted by molar-refractivity contribution is 6.84. The summed E-state index contributed by atoms with van der Waals surface area (Å²) < 4.78 is 6.03. The fourth-order valence-electron chi connectivity index (χ4n) is 3.74. The summed E-state index contributed by atoms with van der Waals surface area (Å²) >= 11 is 0. The molecule has 0 aliphatic rings. The zero-order valence-electron chi connectivity index (χ0n) is 19.5. The summed E-state index contributed by atoms with van der Waals surface area (Å²) in [6.07, 6.45) is 11.6. The first kappa shape index (κ1) is 24.2. The second-order valence-electron chi connectivity index (χ2n) is 8.20. The Bertz CT molecular complexity index is 776. The van der Waals surface area contributed by atoms with E-state index >= 15 is 0 Å². The van der Waals surface area contributed by atoms with Crippen LogP contribution in [0.15, 0.2) is 54.2 Å². The molecule has 2 aromatic rings. The van der Waals surface area contributed by atoms with Crippen molar-refractivity contribution in [1.82, 2.24) is 0 Å². The molecule has 0 saturated heterocycles. The van der Waals surface area contributed by atoms with Gasteiger partial charge in [0, 0.05) is 5.56 Å². The van der Waals surface area contributed by atoms with Crippen molar-refractivity contribution >= 4 is 26.3 Å². The third-order valence-electron chi connectivity index (χ3n) is 6.31.